The van der Waals surface area contributed by atoms with Crippen molar-refractivity contribution in [3.63, 3.8) is 0 Å². The lowest BCUT2D eigenvalue weighted by atomic mass is 10.1. The van der Waals surface area contributed by atoms with E-state index >= 15 is 0 Å². The number of anilines is 1. The number of nitriles is 1. The molecule has 0 fully saturated rings. The number of ether oxygens (including phenoxy) is 2. The van der Waals surface area contributed by atoms with Crippen molar-refractivity contribution in [1.82, 2.24) is 4.57 Å². The van der Waals surface area contributed by atoms with Gasteiger partial charge in [0, 0.05) is 29.3 Å². The molecule has 7 nitrogen and oxygen atoms in total. The number of aryl methyl sites for hydroxylation is 1. The molecule has 0 saturated heterocycles. The van der Waals surface area contributed by atoms with Crippen LogP contribution in [0, 0.1) is 25.2 Å². The van der Waals surface area contributed by atoms with Gasteiger partial charge in [-0.05, 0) is 88.7 Å². The Labute approximate surface area is 212 Å². The third kappa shape index (κ3) is 5.84. The van der Waals surface area contributed by atoms with Crippen LogP contribution in [0.2, 0.25) is 0 Å². The van der Waals surface area contributed by atoms with E-state index in [-0.39, 0.29) is 11.5 Å². The summed E-state index contributed by atoms with van der Waals surface area (Å²) in [5.74, 6) is -0.410. The van der Waals surface area contributed by atoms with Crippen LogP contribution in [0.5, 0.6) is 5.75 Å². The molecule has 1 amide bonds. The Morgan fingerprint density at radius 1 is 1.08 bits per heavy atom. The summed E-state index contributed by atoms with van der Waals surface area (Å²) in [6.07, 6.45) is 0.451. The van der Waals surface area contributed by atoms with E-state index < -0.39 is 12.1 Å². The summed E-state index contributed by atoms with van der Waals surface area (Å²) in [7, 11) is 0. The molecule has 0 saturated carbocycles. The number of benzene rings is 2. The molecule has 0 radical (unpaired) electrons. The Balaban J connectivity index is 1.80. The Morgan fingerprint density at radius 3 is 2.33 bits per heavy atom. The summed E-state index contributed by atoms with van der Waals surface area (Å²) in [4.78, 5) is 27.3. The minimum absolute atomic E-state index is 0.177. The van der Waals surface area contributed by atoms with Crippen LogP contribution in [0.4, 0.5) is 5.69 Å². The second kappa shape index (κ2) is 11.9. The molecule has 1 unspecified atom stereocenters. The van der Waals surface area contributed by atoms with E-state index in [0.29, 0.717) is 24.4 Å². The maximum absolute atomic E-state index is 12.9. The van der Waals surface area contributed by atoms with Gasteiger partial charge in [-0.2, -0.15) is 5.26 Å². The number of likely N-dealkylation sites (N-methyl/N-ethyl adjacent to an activating group) is 1. The predicted octanol–water partition coefficient (Wildman–Crippen LogP) is 5.38. The van der Waals surface area contributed by atoms with Gasteiger partial charge >= 0.3 is 5.97 Å². The zero-order valence-electron chi connectivity index (χ0n) is 21.3. The number of rotatable bonds is 9. The number of esters is 1. The highest BCUT2D eigenvalue weighted by Crippen LogP contribution is 2.25. The molecule has 0 spiro atoms. The van der Waals surface area contributed by atoms with Gasteiger partial charge in [0.25, 0.3) is 5.91 Å². The first-order valence-corrected chi connectivity index (χ1v) is 11.9. The first-order valence-electron chi connectivity index (χ1n) is 11.9. The monoisotopic (exact) mass is 485 g/mol. The summed E-state index contributed by atoms with van der Waals surface area (Å²) >= 11 is 0. The average molecular weight is 486 g/mol. The normalized spacial score (nSPS) is 11.9. The summed E-state index contributed by atoms with van der Waals surface area (Å²) in [6.45, 7) is 10.2. The summed E-state index contributed by atoms with van der Waals surface area (Å²) < 4.78 is 13.0. The van der Waals surface area contributed by atoms with Gasteiger partial charge in [-0.25, -0.2) is 4.79 Å². The van der Waals surface area contributed by atoms with Crippen LogP contribution in [0.3, 0.4) is 0 Å². The van der Waals surface area contributed by atoms with Crippen molar-refractivity contribution in [3.8, 4) is 17.5 Å². The predicted molar refractivity (Wildman–Crippen MR) is 140 cm³/mol. The van der Waals surface area contributed by atoms with Gasteiger partial charge in [0.1, 0.15) is 17.4 Å². The molecule has 0 N–H and O–H groups in total. The SMILES string of the molecule is CCOc1ccc(-n2c(C)cc(/C=C(/C#N)C(=O)OC(C)C(=O)N(CC)c3ccccc3)c2C)cc1. The fraction of sp³-hybridized carbons (Fsp3) is 0.276. The molecule has 0 aliphatic rings. The maximum Gasteiger partial charge on any atom is 0.349 e. The molecular weight excluding hydrogens is 454 g/mol. The van der Waals surface area contributed by atoms with Gasteiger partial charge in [-0.15, -0.1) is 0 Å². The van der Waals surface area contributed by atoms with Crippen molar-refractivity contribution >= 4 is 23.6 Å². The van der Waals surface area contributed by atoms with Crippen molar-refractivity contribution < 1.29 is 19.1 Å². The minimum atomic E-state index is -1.05. The van der Waals surface area contributed by atoms with Crippen molar-refractivity contribution in [1.29, 1.82) is 5.26 Å². The van der Waals surface area contributed by atoms with E-state index in [0.717, 1.165) is 22.8 Å². The Hall–Kier alpha value is -4.31. The van der Waals surface area contributed by atoms with Crippen LogP contribution in [0.15, 0.2) is 66.2 Å². The van der Waals surface area contributed by atoms with Gasteiger partial charge in [0.05, 0.1) is 6.61 Å². The molecule has 186 valence electrons. The average Bonchev–Trinajstić information content (AvgIpc) is 3.16. The molecule has 3 aromatic rings. The van der Waals surface area contributed by atoms with E-state index in [9.17, 15) is 14.9 Å². The van der Waals surface area contributed by atoms with Gasteiger partial charge in [0.15, 0.2) is 6.10 Å². The number of para-hydroxylation sites is 1. The Morgan fingerprint density at radius 2 is 1.75 bits per heavy atom. The third-order valence-corrected chi connectivity index (χ3v) is 5.80. The zero-order valence-corrected chi connectivity index (χ0v) is 21.3. The number of carbonyl (C=O) groups is 2. The van der Waals surface area contributed by atoms with Gasteiger partial charge in [0.2, 0.25) is 0 Å². The number of amides is 1. The van der Waals surface area contributed by atoms with Crippen molar-refractivity contribution in [3.05, 3.63) is 83.2 Å². The third-order valence-electron chi connectivity index (χ3n) is 5.80. The zero-order chi connectivity index (χ0) is 26.2. The fourth-order valence-electron chi connectivity index (χ4n) is 4.05. The first kappa shape index (κ1) is 26.3. The fourth-order valence-corrected chi connectivity index (χ4v) is 4.05. The Kier molecular flexibility index (Phi) is 8.69. The topological polar surface area (TPSA) is 84.6 Å². The lowest BCUT2D eigenvalue weighted by Gasteiger charge is -2.24. The lowest BCUT2D eigenvalue weighted by molar-refractivity contribution is -0.149. The van der Waals surface area contributed by atoms with Crippen LogP contribution in [0.25, 0.3) is 11.8 Å². The molecule has 0 aliphatic heterocycles. The summed E-state index contributed by atoms with van der Waals surface area (Å²) in [5.41, 5.74) is 4.00. The molecule has 1 heterocycles. The summed E-state index contributed by atoms with van der Waals surface area (Å²) in [6, 6.07) is 20.7. The molecule has 0 aliphatic carbocycles. The lowest BCUT2D eigenvalue weighted by Crippen LogP contribution is -2.40. The molecule has 36 heavy (non-hydrogen) atoms. The van der Waals surface area contributed by atoms with E-state index in [1.807, 2.05) is 99.0 Å². The maximum atomic E-state index is 12.9. The molecule has 2 aromatic carbocycles. The van der Waals surface area contributed by atoms with Crippen molar-refractivity contribution in [2.75, 3.05) is 18.1 Å². The van der Waals surface area contributed by atoms with E-state index in [4.69, 9.17) is 9.47 Å². The van der Waals surface area contributed by atoms with Crippen LogP contribution < -0.4 is 9.64 Å². The minimum Gasteiger partial charge on any atom is -0.494 e. The van der Waals surface area contributed by atoms with Crippen molar-refractivity contribution in [2.24, 2.45) is 0 Å². The van der Waals surface area contributed by atoms with Crippen LogP contribution in [-0.2, 0) is 14.3 Å². The highest BCUT2D eigenvalue weighted by molar-refractivity contribution is 6.02. The molecule has 1 aromatic heterocycles. The molecule has 0 bridgehead atoms. The van der Waals surface area contributed by atoms with Crippen molar-refractivity contribution in [2.45, 2.75) is 40.7 Å². The highest BCUT2D eigenvalue weighted by Gasteiger charge is 2.25. The number of hydrogen-bond acceptors (Lipinski definition) is 5. The smallest absolute Gasteiger partial charge is 0.349 e. The number of aromatic nitrogens is 1. The van der Waals surface area contributed by atoms with E-state index in [1.165, 1.54) is 17.9 Å². The quantitative estimate of drug-likeness (QED) is 0.231. The standard InChI is InChI=1S/C29H31N3O4/c1-6-31(25-11-9-8-10-12-25)28(33)22(5)36-29(34)24(19-30)18-23-17-20(3)32(21(23)4)26-13-15-27(16-14-26)35-7-2/h8-18,22H,6-7H2,1-5H3/b24-18-. The molecule has 1 atom stereocenters. The Bertz CT molecular complexity index is 1280. The van der Waals surface area contributed by atoms with Crippen LogP contribution in [-0.4, -0.2) is 35.7 Å². The van der Waals surface area contributed by atoms with E-state index in [2.05, 4.69) is 0 Å². The summed E-state index contributed by atoms with van der Waals surface area (Å²) in [5, 5.41) is 9.67. The first-order chi connectivity index (χ1) is 17.3. The highest BCUT2D eigenvalue weighted by atomic mass is 16.5. The van der Waals surface area contributed by atoms with Crippen LogP contribution in [0.1, 0.15) is 37.7 Å². The number of nitrogens with zero attached hydrogens (tertiary/aromatic N) is 3. The second-order valence-electron chi connectivity index (χ2n) is 8.22. The molecule has 3 rings (SSSR count). The molecular formula is C29H31N3O4. The van der Waals surface area contributed by atoms with E-state index in [1.54, 1.807) is 0 Å². The van der Waals surface area contributed by atoms with Gasteiger partial charge in [-0.3, -0.25) is 4.79 Å². The number of hydrogen-bond donors (Lipinski definition) is 0. The van der Waals surface area contributed by atoms with Crippen LogP contribution >= 0.6 is 0 Å². The number of carbonyl (C=O) groups excluding carboxylic acids is 2. The molecule has 7 heteroatoms. The largest absolute Gasteiger partial charge is 0.494 e. The van der Waals surface area contributed by atoms with Gasteiger partial charge in [-0.1, -0.05) is 18.2 Å². The van der Waals surface area contributed by atoms with Gasteiger partial charge < -0.3 is 18.9 Å². The second-order valence-corrected chi connectivity index (χ2v) is 8.22.